The molecule has 2 aliphatic rings. The van der Waals surface area contributed by atoms with Crippen LogP contribution in [0.4, 0.5) is 34.5 Å². The van der Waals surface area contributed by atoms with Crippen molar-refractivity contribution in [3.8, 4) is 0 Å². The number of nitrogens with zero attached hydrogens (tertiary/aromatic N) is 3. The molecule has 2 atom stereocenters. The van der Waals surface area contributed by atoms with Crippen molar-refractivity contribution < 1.29 is 69.9 Å². The van der Waals surface area contributed by atoms with Crippen LogP contribution in [0, 0.1) is 11.8 Å². The van der Waals surface area contributed by atoms with Crippen LogP contribution in [-0.2, 0) is 29.9 Å². The fourth-order valence-electron chi connectivity index (χ4n) is 2.42. The third-order valence-electron chi connectivity index (χ3n) is 4.07. The molecule has 0 bridgehead atoms. The van der Waals surface area contributed by atoms with Gasteiger partial charge in [0.25, 0.3) is 0 Å². The molecule has 198 valence electrons. The molecule has 0 fully saturated rings. The molecule has 1 aromatic heterocycles. The van der Waals surface area contributed by atoms with E-state index in [9.17, 15) is 34.5 Å². The molecule has 3 rings (SSSR count). The second kappa shape index (κ2) is 14.6. The summed E-state index contributed by atoms with van der Waals surface area (Å²) in [5, 5.41) is 0. The van der Waals surface area contributed by atoms with Crippen molar-refractivity contribution >= 4 is 26.3 Å². The Kier molecular flexibility index (Phi) is 14.8. The molecule has 0 spiro atoms. The summed E-state index contributed by atoms with van der Waals surface area (Å²) in [6.07, 6.45) is 0. The molecule has 0 aromatic carbocycles. The van der Waals surface area contributed by atoms with Crippen molar-refractivity contribution in [1.29, 1.82) is 0 Å². The summed E-state index contributed by atoms with van der Waals surface area (Å²) in [6, 6.07) is 6.21. The minimum Gasteiger partial charge on any atom is -0.474 e. The molecule has 3 heterocycles. The second-order valence-corrected chi connectivity index (χ2v) is 7.51. The van der Waals surface area contributed by atoms with E-state index in [1.165, 1.54) is 0 Å². The molecular formula is C17H25B2F8N3O3Pd. The first-order valence-corrected chi connectivity index (χ1v) is 9.68. The number of rotatable bonds is 4. The van der Waals surface area contributed by atoms with Gasteiger partial charge >= 0.3 is 34.9 Å². The van der Waals surface area contributed by atoms with Crippen molar-refractivity contribution in [1.82, 2.24) is 4.98 Å². The molecular weight excluding hydrogens is 574 g/mol. The van der Waals surface area contributed by atoms with E-state index in [0.717, 1.165) is 11.4 Å². The van der Waals surface area contributed by atoms with Gasteiger partial charge < -0.3 is 49.5 Å². The average Bonchev–Trinajstić information content (AvgIpc) is 3.29. The molecule has 0 aliphatic carbocycles. The third kappa shape index (κ3) is 14.5. The number of pyridine rings is 1. The summed E-state index contributed by atoms with van der Waals surface area (Å²) in [5.74, 6) is 2.18. The average molecular weight is 599 g/mol. The number of halogens is 8. The zero-order chi connectivity index (χ0) is 24.7. The number of aromatic nitrogens is 1. The van der Waals surface area contributed by atoms with Crippen molar-refractivity contribution in [2.24, 2.45) is 21.8 Å². The van der Waals surface area contributed by atoms with Crippen LogP contribution in [0.25, 0.3) is 0 Å². The van der Waals surface area contributed by atoms with Gasteiger partial charge in [0.05, 0.1) is 12.1 Å². The Hall–Kier alpha value is -1.72. The van der Waals surface area contributed by atoms with Gasteiger partial charge in [-0.1, -0.05) is 33.8 Å². The van der Waals surface area contributed by atoms with E-state index < -0.39 is 14.5 Å². The monoisotopic (exact) mass is 599 g/mol. The summed E-state index contributed by atoms with van der Waals surface area (Å²) in [6.45, 7) is 9.86. The Morgan fingerprint density at radius 2 is 1.03 bits per heavy atom. The maximum absolute atomic E-state index is 9.75. The van der Waals surface area contributed by atoms with E-state index >= 15 is 0 Å². The molecule has 17 heteroatoms. The summed E-state index contributed by atoms with van der Waals surface area (Å²) in [5.41, 5.74) is 1.50. The van der Waals surface area contributed by atoms with Gasteiger partial charge in [0.1, 0.15) is 24.6 Å². The van der Waals surface area contributed by atoms with Gasteiger partial charge in [-0.2, -0.15) is 0 Å². The van der Waals surface area contributed by atoms with E-state index in [0.29, 0.717) is 36.8 Å². The van der Waals surface area contributed by atoms with E-state index in [1.807, 2.05) is 18.2 Å². The molecule has 6 nitrogen and oxygen atoms in total. The number of aliphatic imine (C=N–C) groups is 2. The van der Waals surface area contributed by atoms with Crippen molar-refractivity contribution in [3.05, 3.63) is 29.6 Å². The number of hydrogen-bond donors (Lipinski definition) is 0. The largest absolute Gasteiger partial charge is 2.00 e. The topological polar surface area (TPSA) is 87.6 Å². The maximum Gasteiger partial charge on any atom is 2.00 e. The van der Waals surface area contributed by atoms with Crippen molar-refractivity contribution in [2.45, 2.75) is 39.8 Å². The number of ether oxygens (including phenoxy) is 2. The van der Waals surface area contributed by atoms with Gasteiger partial charge in [-0.25, -0.2) is 15.0 Å². The van der Waals surface area contributed by atoms with Crippen LogP contribution in [0.5, 0.6) is 0 Å². The summed E-state index contributed by atoms with van der Waals surface area (Å²) in [7, 11) is -12.0. The molecule has 0 saturated heterocycles. The first kappa shape index (κ1) is 34.4. The molecule has 1 aromatic rings. The Labute approximate surface area is 205 Å². The zero-order valence-electron chi connectivity index (χ0n) is 18.6. The molecule has 0 amide bonds. The summed E-state index contributed by atoms with van der Waals surface area (Å²) in [4.78, 5) is 13.9. The van der Waals surface area contributed by atoms with E-state index in [1.54, 1.807) is 0 Å². The van der Waals surface area contributed by atoms with Crippen molar-refractivity contribution in [2.75, 3.05) is 13.2 Å². The molecule has 34 heavy (non-hydrogen) atoms. The Bertz CT molecular complexity index is 738. The zero-order valence-corrected chi connectivity index (χ0v) is 20.2. The Balaban J connectivity index is 0. The molecule has 0 unspecified atom stereocenters. The van der Waals surface area contributed by atoms with Gasteiger partial charge in [0, 0.05) is 0 Å². The van der Waals surface area contributed by atoms with Gasteiger partial charge in [-0.3, -0.25) is 0 Å². The predicted octanol–water partition coefficient (Wildman–Crippen LogP) is 4.46. The molecule has 0 radical (unpaired) electrons. The third-order valence-corrected chi connectivity index (χ3v) is 4.07. The van der Waals surface area contributed by atoms with Crippen LogP contribution >= 0.6 is 0 Å². The quantitative estimate of drug-likeness (QED) is 0.379. The fourth-order valence-corrected chi connectivity index (χ4v) is 2.42. The van der Waals surface area contributed by atoms with E-state index in [-0.39, 0.29) is 38.0 Å². The second-order valence-electron chi connectivity index (χ2n) is 7.51. The van der Waals surface area contributed by atoms with Gasteiger partial charge in [0.2, 0.25) is 11.8 Å². The SMILES string of the molecule is CC(C)[C@H]1COC(c2cccc(C3=N[C@@H](C(C)C)CO3)n2)=N1.F[B-](F)(F)F.F[B-](F)(F)F.O.[Pd+2]. The molecule has 0 saturated carbocycles. The molecule has 2 N–H and O–H groups in total. The summed E-state index contributed by atoms with van der Waals surface area (Å²) >= 11 is 0. The van der Waals surface area contributed by atoms with E-state index in [4.69, 9.17) is 9.47 Å². The first-order valence-electron chi connectivity index (χ1n) is 9.68. The first-order chi connectivity index (χ1) is 14.5. The van der Waals surface area contributed by atoms with Crippen LogP contribution in [-0.4, -0.2) is 62.1 Å². The number of hydrogen-bond acceptors (Lipinski definition) is 5. The summed E-state index contributed by atoms with van der Waals surface area (Å²) < 4.78 is 89.4. The Morgan fingerprint density at radius 1 is 0.735 bits per heavy atom. The van der Waals surface area contributed by atoms with Gasteiger partial charge in [-0.15, -0.1) is 0 Å². The van der Waals surface area contributed by atoms with Gasteiger partial charge in [-0.05, 0) is 24.0 Å². The van der Waals surface area contributed by atoms with E-state index in [2.05, 4.69) is 42.7 Å². The smallest absolute Gasteiger partial charge is 0.474 e. The van der Waals surface area contributed by atoms with Crippen molar-refractivity contribution in [3.63, 3.8) is 0 Å². The van der Waals surface area contributed by atoms with Crippen LogP contribution in [0.2, 0.25) is 0 Å². The Morgan fingerprint density at radius 3 is 1.26 bits per heavy atom. The van der Waals surface area contributed by atoms with Crippen LogP contribution in [0.1, 0.15) is 39.1 Å². The van der Waals surface area contributed by atoms with Crippen LogP contribution in [0.15, 0.2) is 28.2 Å². The standard InChI is InChI=1S/C17H23N3O2.2BF4.H2O.Pd/c1-10(2)14-8-21-16(19-14)12-6-5-7-13(18-12)17-20-15(9-22-17)11(3)4;2*2-1(3,4)5;;/h5-7,10-11,14-15H,8-9H2,1-4H3;;;1H2;/q;2*-1;;+2/t14-,15-;;;;/m1..../s1. The fraction of sp³-hybridized carbons (Fsp3) is 0.588. The van der Waals surface area contributed by atoms with Crippen LogP contribution < -0.4 is 0 Å². The molecule has 2 aliphatic heterocycles. The normalized spacial score (nSPS) is 19.2. The predicted molar refractivity (Wildman–Crippen MR) is 110 cm³/mol. The minimum absolute atomic E-state index is 0. The maximum atomic E-state index is 9.75. The minimum atomic E-state index is -6.00. The van der Waals surface area contributed by atoms with Gasteiger partial charge in [0.15, 0.2) is 0 Å². The van der Waals surface area contributed by atoms with Crippen LogP contribution in [0.3, 0.4) is 0 Å².